The van der Waals surface area contributed by atoms with Crippen molar-refractivity contribution in [2.45, 2.75) is 25.7 Å². The van der Waals surface area contributed by atoms with Gasteiger partial charge in [-0.25, -0.2) is 4.79 Å². The summed E-state index contributed by atoms with van der Waals surface area (Å²) in [4.78, 5) is 11.9. The first-order valence-corrected chi connectivity index (χ1v) is 11.3. The van der Waals surface area contributed by atoms with Crippen LogP contribution in [0.25, 0.3) is 0 Å². The summed E-state index contributed by atoms with van der Waals surface area (Å²) in [5.74, 6) is 18.2. The predicted molar refractivity (Wildman–Crippen MR) is 134 cm³/mol. The molecule has 0 saturated heterocycles. The fourth-order valence-corrected chi connectivity index (χ4v) is 4.01. The number of nitrogens with zero attached hydrogens (tertiary/aromatic N) is 2. The Hall–Kier alpha value is -4.83. The van der Waals surface area contributed by atoms with Crippen LogP contribution in [0.5, 0.6) is 0 Å². The van der Waals surface area contributed by atoms with Crippen LogP contribution in [0.15, 0.2) is 48.5 Å². The first-order valence-electron chi connectivity index (χ1n) is 11.3. The Kier molecular flexibility index (Phi) is 9.23. The molecular weight excluding hydrogens is 436 g/mol. The van der Waals surface area contributed by atoms with Gasteiger partial charge in [-0.15, -0.1) is 11.8 Å². The van der Waals surface area contributed by atoms with Crippen molar-refractivity contribution in [3.63, 3.8) is 0 Å². The van der Waals surface area contributed by atoms with Gasteiger partial charge in [-0.05, 0) is 79.1 Å². The summed E-state index contributed by atoms with van der Waals surface area (Å²) in [5.41, 5.74) is 8.33. The Morgan fingerprint density at radius 3 is 1.94 bits per heavy atom. The molecule has 0 aliphatic heterocycles. The minimum absolute atomic E-state index is 0.429. The van der Waals surface area contributed by atoms with E-state index in [1.165, 1.54) is 0 Å². The molecule has 2 aromatic carbocycles. The first-order chi connectivity index (χ1) is 17.1. The maximum Gasteiger partial charge on any atom is 0.411 e. The van der Waals surface area contributed by atoms with E-state index in [2.05, 4.69) is 40.8 Å². The van der Waals surface area contributed by atoms with E-state index in [0.717, 1.165) is 36.8 Å². The third kappa shape index (κ3) is 8.22. The normalized spacial score (nSPS) is 18.5. The van der Waals surface area contributed by atoms with E-state index in [9.17, 15) is 4.79 Å². The van der Waals surface area contributed by atoms with E-state index in [1.807, 2.05) is 0 Å². The minimum Gasteiger partial charge on any atom is -0.449 e. The van der Waals surface area contributed by atoms with E-state index in [4.69, 9.17) is 21.0 Å². The van der Waals surface area contributed by atoms with E-state index in [1.54, 1.807) is 60.7 Å². The zero-order valence-electron chi connectivity index (χ0n) is 19.2. The molecule has 2 aliphatic carbocycles. The lowest BCUT2D eigenvalue weighted by molar-refractivity contribution is 0.152. The van der Waals surface area contributed by atoms with Crippen LogP contribution < -0.4 is 11.1 Å². The average molecular weight is 461 g/mol. The largest absolute Gasteiger partial charge is 0.449 e. The number of benzene rings is 2. The van der Waals surface area contributed by atoms with E-state index < -0.39 is 6.09 Å². The molecule has 0 heterocycles. The van der Waals surface area contributed by atoms with Crippen molar-refractivity contribution >= 4 is 17.5 Å². The summed E-state index contributed by atoms with van der Waals surface area (Å²) in [6.45, 7) is 0.479. The lowest BCUT2D eigenvalue weighted by atomic mass is 10.1. The molecule has 2 unspecified atom stereocenters. The van der Waals surface area contributed by atoms with Crippen molar-refractivity contribution in [2.24, 2.45) is 17.8 Å². The van der Waals surface area contributed by atoms with E-state index in [0.29, 0.717) is 35.7 Å². The van der Waals surface area contributed by atoms with Gasteiger partial charge < -0.3 is 10.5 Å². The Labute approximate surface area is 206 Å². The van der Waals surface area contributed by atoms with Crippen molar-refractivity contribution in [3.8, 4) is 47.7 Å². The zero-order chi connectivity index (χ0) is 24.9. The molecule has 2 aromatic rings. The summed E-state index contributed by atoms with van der Waals surface area (Å²) in [7, 11) is 0. The summed E-state index contributed by atoms with van der Waals surface area (Å²) in [6.07, 6.45) is 3.74. The number of ether oxygens (including phenoxy) is 1. The monoisotopic (exact) mass is 460 g/mol. The molecular formula is C29H24N4O2. The highest BCUT2D eigenvalue weighted by atomic mass is 16.5. The second-order valence-corrected chi connectivity index (χ2v) is 8.07. The Morgan fingerprint density at radius 2 is 1.43 bits per heavy atom. The topological polar surface area (TPSA) is 112 Å². The maximum absolute atomic E-state index is 11.9. The number of carbonyl (C=O) groups excluding carboxylic acids is 1. The van der Waals surface area contributed by atoms with Crippen LogP contribution in [0.1, 0.15) is 36.8 Å². The molecule has 0 radical (unpaired) electrons. The van der Waals surface area contributed by atoms with E-state index in [-0.39, 0.29) is 0 Å². The van der Waals surface area contributed by atoms with Crippen LogP contribution in [0.4, 0.5) is 16.2 Å². The fourth-order valence-electron chi connectivity index (χ4n) is 4.01. The van der Waals surface area contributed by atoms with E-state index >= 15 is 0 Å². The number of nitrogens with one attached hydrogen (secondary N) is 1. The van der Waals surface area contributed by atoms with Crippen molar-refractivity contribution in [2.75, 3.05) is 17.7 Å². The molecule has 1 saturated carbocycles. The van der Waals surface area contributed by atoms with Crippen molar-refractivity contribution in [1.29, 1.82) is 10.5 Å². The molecule has 3 N–H and O–H groups in total. The third-order valence-corrected chi connectivity index (χ3v) is 5.81. The average Bonchev–Trinajstić information content (AvgIpc) is 3.51. The number of carbonyl (C=O) groups is 1. The summed E-state index contributed by atoms with van der Waals surface area (Å²) in [5, 5.41) is 19.3. The zero-order valence-corrected chi connectivity index (χ0v) is 19.2. The van der Waals surface area contributed by atoms with Gasteiger partial charge in [0.2, 0.25) is 0 Å². The number of hydrogen-bond donors (Lipinski definition) is 2. The van der Waals surface area contributed by atoms with Crippen LogP contribution in [-0.2, 0) is 4.74 Å². The van der Waals surface area contributed by atoms with Crippen LogP contribution in [-0.4, -0.2) is 12.7 Å². The van der Waals surface area contributed by atoms with Gasteiger partial charge in [-0.3, -0.25) is 5.32 Å². The molecule has 2 atom stereocenters. The number of anilines is 2. The third-order valence-electron chi connectivity index (χ3n) is 5.81. The highest BCUT2D eigenvalue weighted by Gasteiger charge is 2.49. The molecule has 35 heavy (non-hydrogen) atoms. The molecule has 4 rings (SSSR count). The predicted octanol–water partition coefficient (Wildman–Crippen LogP) is 4.69. The lowest BCUT2D eigenvalue weighted by Gasteiger charge is -2.07. The molecule has 2 aliphatic rings. The van der Waals surface area contributed by atoms with Crippen LogP contribution in [0, 0.1) is 75.9 Å². The molecule has 0 spiro atoms. The molecule has 6 nitrogen and oxygen atoms in total. The smallest absolute Gasteiger partial charge is 0.411 e. The quantitative estimate of drug-likeness (QED) is 0.510. The van der Waals surface area contributed by atoms with Crippen LogP contribution in [0.2, 0.25) is 0 Å². The first kappa shape index (κ1) is 24.8. The number of rotatable bonds is 3. The number of nitrogens with two attached hydrogens (primary N) is 1. The SMILES string of the molecule is N#CC#Cc1ccc(N)cc1.N#CC#Cc1ccc(NC(=O)OCC2C3CCC#CCCC32)cc1. The molecule has 1 fully saturated rings. The number of amides is 1. The Morgan fingerprint density at radius 1 is 0.914 bits per heavy atom. The lowest BCUT2D eigenvalue weighted by Crippen LogP contribution is -2.15. The van der Waals surface area contributed by atoms with Crippen molar-refractivity contribution in [3.05, 3.63) is 59.7 Å². The summed E-state index contributed by atoms with van der Waals surface area (Å²) < 4.78 is 5.38. The Bertz CT molecular complexity index is 1280. The van der Waals surface area contributed by atoms with Crippen molar-refractivity contribution in [1.82, 2.24) is 0 Å². The van der Waals surface area contributed by atoms with Crippen LogP contribution >= 0.6 is 0 Å². The summed E-state index contributed by atoms with van der Waals surface area (Å²) >= 11 is 0. The fraction of sp³-hybridized carbons (Fsp3) is 0.276. The molecule has 6 heteroatoms. The second kappa shape index (κ2) is 13.0. The number of nitriles is 2. The van der Waals surface area contributed by atoms with Gasteiger partial charge in [0.1, 0.15) is 0 Å². The highest BCUT2D eigenvalue weighted by Crippen LogP contribution is 2.52. The minimum atomic E-state index is -0.429. The van der Waals surface area contributed by atoms with Gasteiger partial charge in [0.25, 0.3) is 0 Å². The van der Waals surface area contributed by atoms with Crippen molar-refractivity contribution < 1.29 is 9.53 Å². The van der Waals surface area contributed by atoms with Gasteiger partial charge in [-0.2, -0.15) is 10.5 Å². The number of fused-ring (bicyclic) bond motifs is 1. The van der Waals surface area contributed by atoms with Crippen LogP contribution in [0.3, 0.4) is 0 Å². The Balaban J connectivity index is 0.000000261. The second-order valence-electron chi connectivity index (χ2n) is 8.07. The molecule has 172 valence electrons. The number of hydrogen-bond acceptors (Lipinski definition) is 5. The molecule has 1 amide bonds. The van der Waals surface area contributed by atoms with Gasteiger partial charge in [0, 0.05) is 47.2 Å². The molecule has 0 aromatic heterocycles. The standard InChI is InChI=1S/C20H18N2O2.C9H6N2/c21-13-5-6-15-9-11-16(12-10-15)22-20(23)24-14-19-17-7-3-1-2-4-8-18(17)19;10-7-1-2-8-3-5-9(11)6-4-8/h9-12,17-19H,3-4,7-8,14H2,(H,22,23);3-6H,11H2. The summed E-state index contributed by atoms with van der Waals surface area (Å²) in [6, 6.07) is 17.5. The maximum atomic E-state index is 11.9. The van der Waals surface area contributed by atoms with Gasteiger partial charge in [-0.1, -0.05) is 11.8 Å². The van der Waals surface area contributed by atoms with Gasteiger partial charge in [0.15, 0.2) is 12.1 Å². The van der Waals surface area contributed by atoms with Gasteiger partial charge >= 0.3 is 6.09 Å². The van der Waals surface area contributed by atoms with Gasteiger partial charge in [0.05, 0.1) is 6.61 Å². The highest BCUT2D eigenvalue weighted by molar-refractivity contribution is 5.84. The molecule has 0 bridgehead atoms. The number of nitrogen functional groups attached to an aromatic ring is 1.